The zero-order valence-corrected chi connectivity index (χ0v) is 11.0. The summed E-state index contributed by atoms with van der Waals surface area (Å²) < 4.78 is 14.0. The molecule has 0 saturated carbocycles. The Hall–Kier alpha value is 0.0669. The molecule has 0 spiro atoms. The number of nitrogens with zero attached hydrogens (tertiary/aromatic N) is 1. The first-order valence-corrected chi connectivity index (χ1v) is 8.51. The van der Waals surface area contributed by atoms with Gasteiger partial charge in [0.25, 0.3) is 0 Å². The second-order valence-electron chi connectivity index (χ2n) is 3.84. The molecule has 0 radical (unpaired) electrons. The van der Waals surface area contributed by atoms with E-state index in [9.17, 15) is 4.39 Å². The van der Waals surface area contributed by atoms with Gasteiger partial charge in [-0.2, -0.15) is 0 Å². The molecule has 1 aromatic rings. The molecule has 0 fully saturated rings. The first kappa shape index (κ1) is 11.1. The largest absolute Gasteiger partial charge is 0.240 e. The summed E-state index contributed by atoms with van der Waals surface area (Å²) in [7, 11) is -1.70. The van der Waals surface area contributed by atoms with Crippen molar-refractivity contribution in [2.24, 2.45) is 0 Å². The molecule has 0 aliphatic rings. The summed E-state index contributed by atoms with van der Waals surface area (Å²) >= 11 is 9.06. The molecule has 1 heterocycles. The van der Waals surface area contributed by atoms with Crippen LogP contribution < -0.4 is 5.19 Å². The van der Waals surface area contributed by atoms with Crippen LogP contribution >= 0.6 is 27.5 Å². The maximum Gasteiger partial charge on any atom is 0.143 e. The van der Waals surface area contributed by atoms with Gasteiger partial charge >= 0.3 is 0 Å². The minimum Gasteiger partial charge on any atom is -0.240 e. The van der Waals surface area contributed by atoms with Crippen molar-refractivity contribution in [3.63, 3.8) is 0 Å². The van der Waals surface area contributed by atoms with Crippen LogP contribution in [-0.2, 0) is 0 Å². The van der Waals surface area contributed by atoms with Crippen molar-refractivity contribution < 1.29 is 4.39 Å². The zero-order valence-electron chi connectivity index (χ0n) is 7.66. The van der Waals surface area contributed by atoms with Gasteiger partial charge in [0.15, 0.2) is 0 Å². The summed E-state index contributed by atoms with van der Waals surface area (Å²) in [6, 6.07) is 0. The van der Waals surface area contributed by atoms with E-state index in [1.807, 2.05) is 0 Å². The van der Waals surface area contributed by atoms with Gasteiger partial charge in [-0.15, -0.1) is 0 Å². The normalized spacial score (nSPS) is 11.8. The van der Waals surface area contributed by atoms with Crippen LogP contribution in [0, 0.1) is 5.82 Å². The fourth-order valence-corrected chi connectivity index (χ4v) is 4.99. The highest BCUT2D eigenvalue weighted by molar-refractivity contribution is 9.10. The lowest BCUT2D eigenvalue weighted by Gasteiger charge is -2.19. The van der Waals surface area contributed by atoms with Gasteiger partial charge in [0, 0.05) is 0 Å². The molecule has 5 heteroatoms. The van der Waals surface area contributed by atoms with Crippen molar-refractivity contribution in [1.82, 2.24) is 4.98 Å². The molecule has 13 heavy (non-hydrogen) atoms. The summed E-state index contributed by atoms with van der Waals surface area (Å²) in [5, 5.41) is 1.03. The number of hydrogen-bond donors (Lipinski definition) is 0. The monoisotopic (exact) mass is 281 g/mol. The second-order valence-corrected chi connectivity index (χ2v) is 9.99. The third kappa shape index (κ3) is 2.30. The molecule has 1 nitrogen and oxygen atoms in total. The van der Waals surface area contributed by atoms with E-state index in [1.54, 1.807) is 0 Å². The quantitative estimate of drug-likeness (QED) is 0.569. The van der Waals surface area contributed by atoms with E-state index >= 15 is 0 Å². The molecule has 1 rings (SSSR count). The average Bonchev–Trinajstić information content (AvgIpc) is 1.95. The van der Waals surface area contributed by atoms with E-state index in [-0.39, 0.29) is 5.82 Å². The van der Waals surface area contributed by atoms with Crippen LogP contribution in [0.2, 0.25) is 24.8 Å². The Bertz CT molecular complexity index is 338. The Morgan fingerprint density at radius 2 is 2.00 bits per heavy atom. The molecular formula is C8H10BrClFNSi. The molecule has 0 bridgehead atoms. The molecule has 1 aromatic heterocycles. The van der Waals surface area contributed by atoms with Gasteiger partial charge in [0.05, 0.1) is 18.7 Å². The standard InChI is InChI=1S/C8H10BrClFNSi/c1-13(2,3)7-5(11)4-12-8(10)6(7)9/h4H,1-3H3. The highest BCUT2D eigenvalue weighted by Gasteiger charge is 2.25. The molecule has 0 atom stereocenters. The highest BCUT2D eigenvalue weighted by Crippen LogP contribution is 2.21. The van der Waals surface area contributed by atoms with E-state index in [2.05, 4.69) is 40.6 Å². The lowest BCUT2D eigenvalue weighted by Crippen LogP contribution is -2.41. The van der Waals surface area contributed by atoms with Crippen LogP contribution in [0.4, 0.5) is 4.39 Å². The molecule has 0 aromatic carbocycles. The van der Waals surface area contributed by atoms with Gasteiger partial charge in [0.2, 0.25) is 0 Å². The predicted octanol–water partition coefficient (Wildman–Crippen LogP) is 3.18. The fraction of sp³-hybridized carbons (Fsp3) is 0.375. The van der Waals surface area contributed by atoms with Crippen molar-refractivity contribution in [2.45, 2.75) is 19.6 Å². The minimum atomic E-state index is -1.70. The maximum atomic E-state index is 13.4. The number of pyridine rings is 1. The lowest BCUT2D eigenvalue weighted by molar-refractivity contribution is 0.628. The van der Waals surface area contributed by atoms with E-state index in [0.29, 0.717) is 14.8 Å². The summed E-state index contributed by atoms with van der Waals surface area (Å²) in [5.41, 5.74) is 0. The van der Waals surface area contributed by atoms with E-state index in [4.69, 9.17) is 11.6 Å². The highest BCUT2D eigenvalue weighted by atomic mass is 79.9. The van der Waals surface area contributed by atoms with Gasteiger partial charge in [-0.3, -0.25) is 0 Å². The maximum absolute atomic E-state index is 13.4. The Morgan fingerprint density at radius 1 is 1.46 bits per heavy atom. The molecule has 0 N–H and O–H groups in total. The van der Waals surface area contributed by atoms with Crippen LogP contribution in [0.5, 0.6) is 0 Å². The van der Waals surface area contributed by atoms with E-state index < -0.39 is 8.07 Å². The van der Waals surface area contributed by atoms with Crippen molar-refractivity contribution >= 4 is 40.8 Å². The second kappa shape index (κ2) is 3.67. The summed E-state index contributed by atoms with van der Waals surface area (Å²) in [5.74, 6) is -0.268. The number of rotatable bonds is 1. The summed E-state index contributed by atoms with van der Waals surface area (Å²) in [4.78, 5) is 3.72. The van der Waals surface area contributed by atoms with Crippen molar-refractivity contribution in [2.75, 3.05) is 0 Å². The molecular weight excluding hydrogens is 273 g/mol. The molecule has 0 aliphatic heterocycles. The Balaban J connectivity index is 3.43. The Labute approximate surface area is 91.5 Å². The zero-order chi connectivity index (χ0) is 10.2. The lowest BCUT2D eigenvalue weighted by atomic mass is 10.5. The minimum absolute atomic E-state index is 0.268. The summed E-state index contributed by atoms with van der Waals surface area (Å²) in [6.07, 6.45) is 1.18. The van der Waals surface area contributed by atoms with Gasteiger partial charge in [-0.05, 0) is 21.1 Å². The van der Waals surface area contributed by atoms with Gasteiger partial charge in [0.1, 0.15) is 11.0 Å². The number of halogens is 3. The van der Waals surface area contributed by atoms with Gasteiger partial charge in [-0.25, -0.2) is 9.37 Å². The molecule has 0 unspecified atom stereocenters. The van der Waals surface area contributed by atoms with Crippen LogP contribution in [-0.4, -0.2) is 13.1 Å². The summed E-state index contributed by atoms with van der Waals surface area (Å²) in [6.45, 7) is 6.19. The average molecular weight is 283 g/mol. The van der Waals surface area contributed by atoms with Crippen LogP contribution in [0.3, 0.4) is 0 Å². The number of aromatic nitrogens is 1. The smallest absolute Gasteiger partial charge is 0.143 e. The number of hydrogen-bond acceptors (Lipinski definition) is 1. The van der Waals surface area contributed by atoms with E-state index in [0.717, 1.165) is 0 Å². The molecule has 0 amide bonds. The van der Waals surface area contributed by atoms with Crippen molar-refractivity contribution in [3.8, 4) is 0 Å². The van der Waals surface area contributed by atoms with E-state index in [1.165, 1.54) is 6.20 Å². The van der Waals surface area contributed by atoms with Crippen LogP contribution in [0.15, 0.2) is 10.7 Å². The molecule has 0 saturated heterocycles. The van der Waals surface area contributed by atoms with Crippen molar-refractivity contribution in [3.05, 3.63) is 21.6 Å². The predicted molar refractivity (Wildman–Crippen MR) is 59.9 cm³/mol. The topological polar surface area (TPSA) is 12.9 Å². The Kier molecular flexibility index (Phi) is 3.15. The third-order valence-corrected chi connectivity index (χ3v) is 5.32. The molecule has 72 valence electrons. The first-order chi connectivity index (χ1) is 5.84. The Morgan fingerprint density at radius 3 is 2.38 bits per heavy atom. The van der Waals surface area contributed by atoms with Crippen LogP contribution in [0.1, 0.15) is 0 Å². The third-order valence-electron chi connectivity index (χ3n) is 1.68. The SMILES string of the molecule is C[Si](C)(C)c1c(F)cnc(Cl)c1Br. The van der Waals surface area contributed by atoms with Crippen LogP contribution in [0.25, 0.3) is 0 Å². The van der Waals surface area contributed by atoms with Gasteiger partial charge in [-0.1, -0.05) is 31.2 Å². The molecule has 0 aliphatic carbocycles. The first-order valence-electron chi connectivity index (χ1n) is 3.84. The van der Waals surface area contributed by atoms with Gasteiger partial charge < -0.3 is 0 Å². The fourth-order valence-electron chi connectivity index (χ4n) is 1.13. The van der Waals surface area contributed by atoms with Crippen molar-refractivity contribution in [1.29, 1.82) is 0 Å².